The van der Waals surface area contributed by atoms with Gasteiger partial charge >= 0.3 is 0 Å². The van der Waals surface area contributed by atoms with E-state index in [1.807, 2.05) is 12.1 Å². The number of nitrogens with zero attached hydrogens (tertiary/aromatic N) is 2. The molecule has 0 aliphatic heterocycles. The lowest BCUT2D eigenvalue weighted by Crippen LogP contribution is -2.22. The number of nitrogen functional groups attached to an aromatic ring is 1. The average Bonchev–Trinajstić information content (AvgIpc) is 2.42. The quantitative estimate of drug-likeness (QED) is 0.840. The van der Waals surface area contributed by atoms with Gasteiger partial charge < -0.3 is 5.73 Å². The lowest BCUT2D eigenvalue weighted by molar-refractivity contribution is 0.271. The van der Waals surface area contributed by atoms with Crippen LogP contribution in [-0.4, -0.2) is 16.4 Å². The Bertz CT molecular complexity index is 528. The van der Waals surface area contributed by atoms with Gasteiger partial charge in [0.15, 0.2) is 0 Å². The maximum absolute atomic E-state index is 13.0. The predicted molar refractivity (Wildman–Crippen MR) is 74.8 cm³/mol. The smallest absolute Gasteiger partial charge is 0.125 e. The molecule has 0 radical (unpaired) electrons. The van der Waals surface area contributed by atoms with Crippen molar-refractivity contribution in [1.29, 1.82) is 0 Å². The Morgan fingerprint density at radius 3 is 2.53 bits per heavy atom. The van der Waals surface area contributed by atoms with Crippen LogP contribution in [0.3, 0.4) is 0 Å². The molecule has 0 amide bonds. The number of halogens is 1. The standard InChI is InChI=1S/C15H18FN3/c1-2-19(10-12-5-7-18-8-6-12)11-13-3-4-14(16)9-15(13)17/h3-9H,2,10-11,17H2,1H3. The van der Waals surface area contributed by atoms with Crippen LogP contribution in [-0.2, 0) is 13.1 Å². The molecule has 1 heterocycles. The van der Waals surface area contributed by atoms with Crippen LogP contribution in [0.4, 0.5) is 10.1 Å². The average molecular weight is 259 g/mol. The maximum atomic E-state index is 13.0. The number of benzene rings is 1. The summed E-state index contributed by atoms with van der Waals surface area (Å²) in [6, 6.07) is 8.56. The summed E-state index contributed by atoms with van der Waals surface area (Å²) >= 11 is 0. The molecule has 0 atom stereocenters. The van der Waals surface area contributed by atoms with E-state index in [1.165, 1.54) is 17.7 Å². The Balaban J connectivity index is 2.06. The summed E-state index contributed by atoms with van der Waals surface area (Å²) in [4.78, 5) is 6.26. The second kappa shape index (κ2) is 6.29. The molecule has 0 bridgehead atoms. The lowest BCUT2D eigenvalue weighted by Gasteiger charge is -2.21. The van der Waals surface area contributed by atoms with Crippen molar-refractivity contribution in [1.82, 2.24) is 9.88 Å². The predicted octanol–water partition coefficient (Wildman–Crippen LogP) is 2.83. The first kappa shape index (κ1) is 13.5. The molecule has 0 fully saturated rings. The van der Waals surface area contributed by atoms with Gasteiger partial charge in [0.25, 0.3) is 0 Å². The first-order valence-electron chi connectivity index (χ1n) is 6.34. The number of hydrogen-bond acceptors (Lipinski definition) is 3. The van der Waals surface area contributed by atoms with Crippen LogP contribution < -0.4 is 5.73 Å². The summed E-state index contributed by atoms with van der Waals surface area (Å²) in [5.41, 5.74) is 8.51. The molecular formula is C15H18FN3. The molecule has 1 aromatic heterocycles. The second-order valence-corrected chi connectivity index (χ2v) is 4.50. The van der Waals surface area contributed by atoms with Gasteiger partial charge in [0.05, 0.1) is 0 Å². The van der Waals surface area contributed by atoms with Gasteiger partial charge in [0.2, 0.25) is 0 Å². The summed E-state index contributed by atoms with van der Waals surface area (Å²) in [7, 11) is 0. The number of anilines is 1. The van der Waals surface area contributed by atoms with Crippen LogP contribution in [0, 0.1) is 5.82 Å². The highest BCUT2D eigenvalue weighted by Gasteiger charge is 2.08. The number of nitrogens with two attached hydrogens (primary N) is 1. The molecular weight excluding hydrogens is 241 g/mol. The van der Waals surface area contributed by atoms with Crippen molar-refractivity contribution in [2.75, 3.05) is 12.3 Å². The van der Waals surface area contributed by atoms with Crippen LogP contribution >= 0.6 is 0 Å². The molecule has 19 heavy (non-hydrogen) atoms. The van der Waals surface area contributed by atoms with E-state index in [-0.39, 0.29) is 5.82 Å². The lowest BCUT2D eigenvalue weighted by atomic mass is 10.1. The minimum absolute atomic E-state index is 0.293. The van der Waals surface area contributed by atoms with Gasteiger partial charge in [-0.3, -0.25) is 9.88 Å². The topological polar surface area (TPSA) is 42.2 Å². The fourth-order valence-electron chi connectivity index (χ4n) is 1.98. The molecule has 0 spiro atoms. The van der Waals surface area contributed by atoms with Crippen LogP contribution in [0.1, 0.15) is 18.1 Å². The largest absolute Gasteiger partial charge is 0.398 e. The summed E-state index contributed by atoms with van der Waals surface area (Å²) in [6.07, 6.45) is 3.57. The van der Waals surface area contributed by atoms with E-state index in [0.717, 1.165) is 18.7 Å². The monoisotopic (exact) mass is 259 g/mol. The van der Waals surface area contributed by atoms with Gasteiger partial charge in [0.1, 0.15) is 5.82 Å². The highest BCUT2D eigenvalue weighted by Crippen LogP contribution is 2.17. The highest BCUT2D eigenvalue weighted by atomic mass is 19.1. The Kier molecular flexibility index (Phi) is 4.47. The summed E-state index contributed by atoms with van der Waals surface area (Å²) in [5.74, 6) is -0.293. The minimum Gasteiger partial charge on any atom is -0.398 e. The van der Waals surface area contributed by atoms with E-state index >= 15 is 0 Å². The molecule has 0 unspecified atom stereocenters. The van der Waals surface area contributed by atoms with Crippen molar-refractivity contribution in [2.24, 2.45) is 0 Å². The van der Waals surface area contributed by atoms with E-state index in [1.54, 1.807) is 18.5 Å². The van der Waals surface area contributed by atoms with Crippen LogP contribution in [0.15, 0.2) is 42.7 Å². The molecule has 0 aliphatic carbocycles. The van der Waals surface area contributed by atoms with Crippen molar-refractivity contribution < 1.29 is 4.39 Å². The van der Waals surface area contributed by atoms with Crippen molar-refractivity contribution in [3.63, 3.8) is 0 Å². The van der Waals surface area contributed by atoms with E-state index in [9.17, 15) is 4.39 Å². The molecule has 3 nitrogen and oxygen atoms in total. The van der Waals surface area contributed by atoms with E-state index in [2.05, 4.69) is 16.8 Å². The highest BCUT2D eigenvalue weighted by molar-refractivity contribution is 5.46. The van der Waals surface area contributed by atoms with Crippen molar-refractivity contribution in [3.8, 4) is 0 Å². The molecule has 100 valence electrons. The molecule has 0 aliphatic rings. The van der Waals surface area contributed by atoms with Gasteiger partial charge in [-0.15, -0.1) is 0 Å². The third-order valence-electron chi connectivity index (χ3n) is 3.10. The molecule has 1 aromatic carbocycles. The van der Waals surface area contributed by atoms with Crippen molar-refractivity contribution in [2.45, 2.75) is 20.0 Å². The zero-order valence-electron chi connectivity index (χ0n) is 11.0. The maximum Gasteiger partial charge on any atom is 0.125 e. The Hall–Kier alpha value is -1.94. The van der Waals surface area contributed by atoms with Gasteiger partial charge in [0, 0.05) is 31.2 Å². The molecule has 4 heteroatoms. The van der Waals surface area contributed by atoms with Gasteiger partial charge in [-0.2, -0.15) is 0 Å². The van der Waals surface area contributed by atoms with E-state index in [0.29, 0.717) is 12.2 Å². The zero-order valence-corrected chi connectivity index (χ0v) is 11.0. The third-order valence-corrected chi connectivity index (χ3v) is 3.10. The first-order valence-corrected chi connectivity index (χ1v) is 6.34. The fourth-order valence-corrected chi connectivity index (χ4v) is 1.98. The third kappa shape index (κ3) is 3.76. The van der Waals surface area contributed by atoms with E-state index in [4.69, 9.17) is 5.73 Å². The molecule has 2 rings (SSSR count). The van der Waals surface area contributed by atoms with Crippen LogP contribution in [0.5, 0.6) is 0 Å². The van der Waals surface area contributed by atoms with E-state index < -0.39 is 0 Å². The Labute approximate surface area is 112 Å². The molecule has 2 N–H and O–H groups in total. The Morgan fingerprint density at radius 1 is 1.16 bits per heavy atom. The number of hydrogen-bond donors (Lipinski definition) is 1. The van der Waals surface area contributed by atoms with Gasteiger partial charge in [-0.05, 0) is 41.9 Å². The van der Waals surface area contributed by atoms with Gasteiger partial charge in [-0.25, -0.2) is 4.39 Å². The minimum atomic E-state index is -0.293. The molecule has 0 saturated carbocycles. The first-order chi connectivity index (χ1) is 9.19. The fraction of sp³-hybridized carbons (Fsp3) is 0.267. The Morgan fingerprint density at radius 2 is 1.89 bits per heavy atom. The van der Waals surface area contributed by atoms with Gasteiger partial charge in [-0.1, -0.05) is 13.0 Å². The number of aromatic nitrogens is 1. The van der Waals surface area contributed by atoms with Crippen molar-refractivity contribution >= 4 is 5.69 Å². The second-order valence-electron chi connectivity index (χ2n) is 4.50. The summed E-state index contributed by atoms with van der Waals surface area (Å²) in [5, 5.41) is 0. The number of rotatable bonds is 5. The summed E-state index contributed by atoms with van der Waals surface area (Å²) < 4.78 is 13.0. The van der Waals surface area contributed by atoms with Crippen LogP contribution in [0.2, 0.25) is 0 Å². The molecule has 2 aromatic rings. The normalized spacial score (nSPS) is 10.9. The summed E-state index contributed by atoms with van der Waals surface area (Å²) in [6.45, 7) is 4.54. The van der Waals surface area contributed by atoms with Crippen LogP contribution in [0.25, 0.3) is 0 Å². The number of pyridine rings is 1. The van der Waals surface area contributed by atoms with Crippen molar-refractivity contribution in [3.05, 3.63) is 59.7 Å². The SMILES string of the molecule is CCN(Cc1ccncc1)Cc1ccc(F)cc1N. The zero-order chi connectivity index (χ0) is 13.7. The molecule has 0 saturated heterocycles.